The van der Waals surface area contributed by atoms with Gasteiger partial charge in [0, 0.05) is 6.04 Å². The van der Waals surface area contributed by atoms with Gasteiger partial charge in [0.2, 0.25) is 0 Å². The second-order valence-electron chi connectivity index (χ2n) is 6.40. The zero-order valence-corrected chi connectivity index (χ0v) is 13.8. The number of alkyl carbamates (subject to hydrolysis) is 1. The highest BCUT2D eigenvalue weighted by Gasteiger charge is 2.39. The number of hydrogen-bond acceptors (Lipinski definition) is 4. The van der Waals surface area contributed by atoms with Crippen LogP contribution in [0.2, 0.25) is 0 Å². The predicted octanol–water partition coefficient (Wildman–Crippen LogP) is 3.42. The number of amides is 1. The van der Waals surface area contributed by atoms with Crippen molar-refractivity contribution in [2.75, 3.05) is 7.11 Å². The van der Waals surface area contributed by atoms with Crippen LogP contribution in [0.5, 0.6) is 0 Å². The molecular formula is C18H25NO4. The van der Waals surface area contributed by atoms with Gasteiger partial charge in [-0.2, -0.15) is 0 Å². The summed E-state index contributed by atoms with van der Waals surface area (Å²) in [6.45, 7) is 2.33. The highest BCUT2D eigenvalue weighted by molar-refractivity contribution is 5.73. The minimum Gasteiger partial charge on any atom is -0.469 e. The van der Waals surface area contributed by atoms with Gasteiger partial charge in [0.25, 0.3) is 0 Å². The number of benzene rings is 1. The van der Waals surface area contributed by atoms with Crippen molar-refractivity contribution in [3.63, 3.8) is 0 Å². The minimum absolute atomic E-state index is 0.0834. The molecule has 126 valence electrons. The maximum absolute atomic E-state index is 12.1. The zero-order valence-electron chi connectivity index (χ0n) is 13.8. The predicted molar refractivity (Wildman–Crippen MR) is 86.8 cm³/mol. The molecule has 1 fully saturated rings. The van der Waals surface area contributed by atoms with Crippen LogP contribution in [-0.4, -0.2) is 25.2 Å². The second-order valence-corrected chi connectivity index (χ2v) is 6.40. The molecule has 1 saturated carbocycles. The molecule has 0 radical (unpaired) electrons. The molecule has 1 aromatic rings. The van der Waals surface area contributed by atoms with Crippen LogP contribution in [-0.2, 0) is 20.9 Å². The molecule has 0 heterocycles. The third-order valence-corrected chi connectivity index (χ3v) is 4.69. The van der Waals surface area contributed by atoms with Gasteiger partial charge < -0.3 is 14.8 Å². The summed E-state index contributed by atoms with van der Waals surface area (Å²) >= 11 is 0. The lowest BCUT2D eigenvalue weighted by molar-refractivity contribution is -0.141. The van der Waals surface area contributed by atoms with Crippen LogP contribution in [0.3, 0.4) is 0 Å². The van der Waals surface area contributed by atoms with Crippen molar-refractivity contribution in [1.82, 2.24) is 5.32 Å². The molecule has 1 amide bonds. The molecule has 1 N–H and O–H groups in total. The average Bonchev–Trinajstić information content (AvgIpc) is 3.01. The summed E-state index contributed by atoms with van der Waals surface area (Å²) in [6.07, 6.45) is 3.91. The van der Waals surface area contributed by atoms with Gasteiger partial charge in [-0.1, -0.05) is 50.1 Å². The maximum Gasteiger partial charge on any atom is 0.407 e. The number of esters is 1. The summed E-state index contributed by atoms with van der Waals surface area (Å²) < 4.78 is 10.0. The molecule has 5 heteroatoms. The normalized spacial score (nSPS) is 17.3. The molecule has 0 saturated heterocycles. The van der Waals surface area contributed by atoms with Crippen LogP contribution in [0.1, 0.15) is 44.6 Å². The first kappa shape index (κ1) is 17.3. The highest BCUT2D eigenvalue weighted by atomic mass is 16.5. The first-order valence-corrected chi connectivity index (χ1v) is 8.07. The third-order valence-electron chi connectivity index (χ3n) is 4.69. The number of carbonyl (C=O) groups excluding carboxylic acids is 2. The van der Waals surface area contributed by atoms with Gasteiger partial charge in [0.15, 0.2) is 0 Å². The Labute approximate surface area is 137 Å². The third kappa shape index (κ3) is 4.98. The van der Waals surface area contributed by atoms with E-state index in [9.17, 15) is 9.59 Å². The smallest absolute Gasteiger partial charge is 0.407 e. The van der Waals surface area contributed by atoms with Gasteiger partial charge in [-0.25, -0.2) is 4.79 Å². The molecule has 0 spiro atoms. The number of hydrogen-bond donors (Lipinski definition) is 1. The molecule has 0 aliphatic heterocycles. The molecule has 1 aliphatic rings. The number of ether oxygens (including phenoxy) is 2. The van der Waals surface area contributed by atoms with Gasteiger partial charge in [-0.05, 0) is 23.8 Å². The van der Waals surface area contributed by atoms with E-state index < -0.39 is 6.09 Å². The summed E-state index contributed by atoms with van der Waals surface area (Å²) in [7, 11) is 1.37. The quantitative estimate of drug-likeness (QED) is 0.816. The van der Waals surface area contributed by atoms with E-state index in [2.05, 4.69) is 12.2 Å². The van der Waals surface area contributed by atoms with Gasteiger partial charge in [-0.3, -0.25) is 4.79 Å². The van der Waals surface area contributed by atoms with E-state index in [0.29, 0.717) is 0 Å². The van der Waals surface area contributed by atoms with Gasteiger partial charge >= 0.3 is 12.1 Å². The van der Waals surface area contributed by atoms with Crippen LogP contribution >= 0.6 is 0 Å². The molecule has 1 unspecified atom stereocenters. The van der Waals surface area contributed by atoms with Crippen molar-refractivity contribution in [1.29, 1.82) is 0 Å². The number of methoxy groups -OCH3 is 1. The lowest BCUT2D eigenvalue weighted by Crippen LogP contribution is -2.46. The van der Waals surface area contributed by atoms with E-state index >= 15 is 0 Å². The maximum atomic E-state index is 12.1. The molecule has 1 aromatic carbocycles. The molecular weight excluding hydrogens is 294 g/mol. The molecule has 23 heavy (non-hydrogen) atoms. The summed E-state index contributed by atoms with van der Waals surface area (Å²) in [6, 6.07) is 9.25. The first-order chi connectivity index (χ1) is 11.0. The van der Waals surface area contributed by atoms with Crippen LogP contribution in [0.15, 0.2) is 30.3 Å². The van der Waals surface area contributed by atoms with E-state index in [1.807, 2.05) is 30.3 Å². The van der Waals surface area contributed by atoms with Crippen LogP contribution in [0, 0.1) is 5.41 Å². The van der Waals surface area contributed by atoms with E-state index in [0.717, 1.165) is 31.2 Å². The molecule has 0 bridgehead atoms. The van der Waals surface area contributed by atoms with E-state index in [4.69, 9.17) is 9.47 Å². The van der Waals surface area contributed by atoms with Crippen molar-refractivity contribution in [3.05, 3.63) is 35.9 Å². The minimum atomic E-state index is -0.490. The Bertz CT molecular complexity index is 523. The summed E-state index contributed by atoms with van der Waals surface area (Å²) in [5.41, 5.74) is 0.846. The topological polar surface area (TPSA) is 64.6 Å². The lowest BCUT2D eigenvalue weighted by atomic mass is 9.79. The SMILES string of the molecule is COC(=O)CC(NC(=O)OCc1ccccc1)C1(C)CCCC1. The monoisotopic (exact) mass is 319 g/mol. The van der Waals surface area contributed by atoms with Gasteiger partial charge in [0.05, 0.1) is 13.5 Å². The Morgan fingerprint density at radius 2 is 1.87 bits per heavy atom. The summed E-state index contributed by atoms with van der Waals surface area (Å²) in [4.78, 5) is 23.8. The Hall–Kier alpha value is -2.04. The fraction of sp³-hybridized carbons (Fsp3) is 0.556. The first-order valence-electron chi connectivity index (χ1n) is 8.07. The number of nitrogens with one attached hydrogen (secondary N) is 1. The highest BCUT2D eigenvalue weighted by Crippen LogP contribution is 2.41. The van der Waals surface area contributed by atoms with Gasteiger partial charge in [-0.15, -0.1) is 0 Å². The lowest BCUT2D eigenvalue weighted by Gasteiger charge is -2.33. The molecule has 5 nitrogen and oxygen atoms in total. The van der Waals surface area contributed by atoms with Crippen LogP contribution < -0.4 is 5.32 Å². The Morgan fingerprint density at radius 3 is 2.48 bits per heavy atom. The van der Waals surface area contributed by atoms with Crippen molar-refractivity contribution in [2.45, 2.75) is 51.7 Å². The largest absolute Gasteiger partial charge is 0.469 e. The van der Waals surface area contributed by atoms with Crippen molar-refractivity contribution in [3.8, 4) is 0 Å². The van der Waals surface area contributed by atoms with Crippen molar-refractivity contribution in [2.24, 2.45) is 5.41 Å². The molecule has 1 atom stereocenters. The Kier molecular flexibility index (Phi) is 6.02. The van der Waals surface area contributed by atoms with E-state index in [-0.39, 0.29) is 30.5 Å². The zero-order chi connectivity index (χ0) is 16.7. The fourth-order valence-electron chi connectivity index (χ4n) is 3.16. The van der Waals surface area contributed by atoms with Gasteiger partial charge in [0.1, 0.15) is 6.61 Å². The second kappa shape index (κ2) is 7.99. The number of carbonyl (C=O) groups is 2. The van der Waals surface area contributed by atoms with Crippen LogP contribution in [0.25, 0.3) is 0 Å². The molecule has 1 aliphatic carbocycles. The fourth-order valence-corrected chi connectivity index (χ4v) is 3.16. The van der Waals surface area contributed by atoms with E-state index in [1.54, 1.807) is 0 Å². The number of rotatable bonds is 6. The van der Waals surface area contributed by atoms with Crippen molar-refractivity contribution < 1.29 is 19.1 Å². The standard InChI is InChI=1S/C18H25NO4/c1-18(10-6-7-11-18)15(12-16(20)22-2)19-17(21)23-13-14-8-4-3-5-9-14/h3-5,8-9,15H,6-7,10-13H2,1-2H3,(H,19,21). The van der Waals surface area contributed by atoms with Crippen LogP contribution in [0.4, 0.5) is 4.79 Å². The Morgan fingerprint density at radius 1 is 1.22 bits per heavy atom. The Balaban J connectivity index is 1.93. The van der Waals surface area contributed by atoms with Crippen molar-refractivity contribution >= 4 is 12.1 Å². The molecule has 0 aromatic heterocycles. The molecule has 2 rings (SSSR count). The van der Waals surface area contributed by atoms with E-state index in [1.165, 1.54) is 7.11 Å². The summed E-state index contributed by atoms with van der Waals surface area (Å²) in [5, 5.41) is 2.87. The average molecular weight is 319 g/mol. The summed E-state index contributed by atoms with van der Waals surface area (Å²) in [5.74, 6) is -0.313.